The Kier molecular flexibility index (Phi) is 3.51. The van der Waals surface area contributed by atoms with Crippen molar-refractivity contribution in [3.8, 4) is 0 Å². The van der Waals surface area contributed by atoms with Gasteiger partial charge in [-0.15, -0.1) is 0 Å². The van der Waals surface area contributed by atoms with Crippen molar-refractivity contribution in [1.82, 2.24) is 9.38 Å². The highest BCUT2D eigenvalue weighted by molar-refractivity contribution is 6.35. The summed E-state index contributed by atoms with van der Waals surface area (Å²) in [7, 11) is 0. The molecule has 4 aromatic rings. The molecule has 0 N–H and O–H groups in total. The maximum atomic E-state index is 6.28. The van der Waals surface area contributed by atoms with Crippen LogP contribution < -0.4 is 0 Å². The smallest absolute Gasteiger partial charge is 0.0675 e. The van der Waals surface area contributed by atoms with Gasteiger partial charge in [-0.1, -0.05) is 47.5 Å². The minimum absolute atomic E-state index is 0.647. The van der Waals surface area contributed by atoms with Crippen LogP contribution in [0.25, 0.3) is 16.4 Å². The van der Waals surface area contributed by atoms with Crippen LogP contribution in [0, 0.1) is 6.92 Å². The molecule has 0 bridgehead atoms. The first-order chi connectivity index (χ1) is 11.1. The zero-order valence-corrected chi connectivity index (χ0v) is 14.1. The highest BCUT2D eigenvalue weighted by atomic mass is 35.5. The molecule has 0 fully saturated rings. The first kappa shape index (κ1) is 14.6. The molecule has 2 heterocycles. The van der Waals surface area contributed by atoms with Crippen molar-refractivity contribution >= 4 is 39.6 Å². The van der Waals surface area contributed by atoms with E-state index in [2.05, 4.69) is 46.8 Å². The second kappa shape index (κ2) is 5.55. The SMILES string of the molecule is Cc1c2ccccc2n2cc(Cc3ccc(Cl)cc3Cl)ncc12. The summed E-state index contributed by atoms with van der Waals surface area (Å²) in [5.41, 5.74) is 5.59. The summed E-state index contributed by atoms with van der Waals surface area (Å²) in [6, 6.07) is 14.0. The van der Waals surface area contributed by atoms with Crippen molar-refractivity contribution in [2.24, 2.45) is 0 Å². The third-order valence-corrected chi connectivity index (χ3v) is 4.82. The number of halogens is 2. The highest BCUT2D eigenvalue weighted by Gasteiger charge is 2.10. The number of rotatable bonds is 2. The van der Waals surface area contributed by atoms with Gasteiger partial charge in [0.15, 0.2) is 0 Å². The summed E-state index contributed by atoms with van der Waals surface area (Å²) in [4.78, 5) is 4.61. The molecule has 0 aliphatic heterocycles. The van der Waals surface area contributed by atoms with Gasteiger partial charge in [0.1, 0.15) is 0 Å². The highest BCUT2D eigenvalue weighted by Crippen LogP contribution is 2.27. The number of aryl methyl sites for hydroxylation is 1. The van der Waals surface area contributed by atoms with Crippen LogP contribution in [0.1, 0.15) is 16.8 Å². The van der Waals surface area contributed by atoms with Gasteiger partial charge in [-0.05, 0) is 36.2 Å². The van der Waals surface area contributed by atoms with E-state index in [1.807, 2.05) is 18.3 Å². The van der Waals surface area contributed by atoms with Crippen LogP contribution in [0.5, 0.6) is 0 Å². The van der Waals surface area contributed by atoms with Crippen LogP contribution in [-0.2, 0) is 6.42 Å². The lowest BCUT2D eigenvalue weighted by Crippen LogP contribution is -1.97. The van der Waals surface area contributed by atoms with E-state index in [1.165, 1.54) is 16.5 Å². The molecule has 0 spiro atoms. The fourth-order valence-corrected chi connectivity index (χ4v) is 3.50. The van der Waals surface area contributed by atoms with E-state index in [1.54, 1.807) is 6.07 Å². The lowest BCUT2D eigenvalue weighted by atomic mass is 10.1. The maximum absolute atomic E-state index is 6.28. The molecule has 0 radical (unpaired) electrons. The molecule has 4 heteroatoms. The second-order valence-electron chi connectivity index (χ2n) is 5.69. The molecule has 114 valence electrons. The molecule has 0 atom stereocenters. The van der Waals surface area contributed by atoms with E-state index in [0.717, 1.165) is 16.8 Å². The quantitative estimate of drug-likeness (QED) is 0.458. The number of para-hydroxylation sites is 1. The Hall–Kier alpha value is -2.03. The molecule has 0 saturated carbocycles. The zero-order valence-electron chi connectivity index (χ0n) is 12.6. The Morgan fingerprint density at radius 2 is 1.87 bits per heavy atom. The summed E-state index contributed by atoms with van der Waals surface area (Å²) in [6.45, 7) is 2.13. The topological polar surface area (TPSA) is 17.3 Å². The van der Waals surface area contributed by atoms with Gasteiger partial charge in [0.2, 0.25) is 0 Å². The minimum atomic E-state index is 0.647. The van der Waals surface area contributed by atoms with Crippen molar-refractivity contribution in [3.05, 3.63) is 81.7 Å². The van der Waals surface area contributed by atoms with Crippen LogP contribution in [0.3, 0.4) is 0 Å². The first-order valence-electron chi connectivity index (χ1n) is 7.42. The summed E-state index contributed by atoms with van der Waals surface area (Å²) < 4.78 is 2.21. The van der Waals surface area contributed by atoms with Crippen LogP contribution >= 0.6 is 23.2 Å². The normalized spacial score (nSPS) is 11.4. The van der Waals surface area contributed by atoms with E-state index in [4.69, 9.17) is 23.2 Å². The lowest BCUT2D eigenvalue weighted by Gasteiger charge is -2.06. The van der Waals surface area contributed by atoms with E-state index >= 15 is 0 Å². The minimum Gasteiger partial charge on any atom is -0.313 e. The van der Waals surface area contributed by atoms with Gasteiger partial charge in [-0.25, -0.2) is 0 Å². The van der Waals surface area contributed by atoms with E-state index < -0.39 is 0 Å². The summed E-state index contributed by atoms with van der Waals surface area (Å²) >= 11 is 12.2. The lowest BCUT2D eigenvalue weighted by molar-refractivity contribution is 1.02. The molecular formula is C19H14Cl2N2. The van der Waals surface area contributed by atoms with Crippen molar-refractivity contribution in [2.75, 3.05) is 0 Å². The third-order valence-electron chi connectivity index (χ3n) is 4.23. The number of fused-ring (bicyclic) bond motifs is 3. The Bertz CT molecular complexity index is 1030. The number of benzene rings is 2. The summed E-state index contributed by atoms with van der Waals surface area (Å²) in [6.07, 6.45) is 4.71. The van der Waals surface area contributed by atoms with E-state index in [0.29, 0.717) is 16.5 Å². The number of nitrogens with zero attached hydrogens (tertiary/aromatic N) is 2. The first-order valence-corrected chi connectivity index (χ1v) is 8.17. The van der Waals surface area contributed by atoms with Gasteiger partial charge >= 0.3 is 0 Å². The van der Waals surface area contributed by atoms with Crippen molar-refractivity contribution in [3.63, 3.8) is 0 Å². The Balaban J connectivity index is 1.84. The molecule has 0 amide bonds. The standard InChI is InChI=1S/C19H14Cl2N2/c1-12-16-4-2-3-5-18(16)23-11-15(22-10-19(12)23)8-13-6-7-14(20)9-17(13)21/h2-7,9-11H,8H2,1H3. The molecule has 2 nitrogen and oxygen atoms in total. The molecule has 2 aromatic heterocycles. The largest absolute Gasteiger partial charge is 0.313 e. The Morgan fingerprint density at radius 1 is 1.04 bits per heavy atom. The molecule has 2 aromatic carbocycles. The van der Waals surface area contributed by atoms with Gasteiger partial charge in [0.25, 0.3) is 0 Å². The van der Waals surface area contributed by atoms with Gasteiger partial charge < -0.3 is 4.40 Å². The van der Waals surface area contributed by atoms with Crippen molar-refractivity contribution in [2.45, 2.75) is 13.3 Å². The molecule has 0 aliphatic rings. The van der Waals surface area contributed by atoms with Crippen molar-refractivity contribution < 1.29 is 0 Å². The van der Waals surface area contributed by atoms with Crippen LogP contribution in [0.2, 0.25) is 10.0 Å². The van der Waals surface area contributed by atoms with Crippen LogP contribution in [0.4, 0.5) is 0 Å². The molecule has 4 rings (SSSR count). The van der Waals surface area contributed by atoms with Gasteiger partial charge in [-0.3, -0.25) is 4.98 Å². The molecular weight excluding hydrogens is 327 g/mol. The molecule has 0 unspecified atom stereocenters. The Labute approximate surface area is 144 Å². The van der Waals surface area contributed by atoms with Crippen molar-refractivity contribution in [1.29, 1.82) is 0 Å². The zero-order chi connectivity index (χ0) is 16.0. The molecule has 23 heavy (non-hydrogen) atoms. The van der Waals surface area contributed by atoms with Crippen LogP contribution in [-0.4, -0.2) is 9.38 Å². The number of hydrogen-bond acceptors (Lipinski definition) is 1. The fraction of sp³-hybridized carbons (Fsp3) is 0.105. The average Bonchev–Trinajstić information content (AvgIpc) is 2.83. The second-order valence-corrected chi connectivity index (χ2v) is 6.53. The third kappa shape index (κ3) is 2.48. The predicted octanol–water partition coefficient (Wildman–Crippen LogP) is 5.69. The number of hydrogen-bond donors (Lipinski definition) is 0. The maximum Gasteiger partial charge on any atom is 0.0675 e. The monoisotopic (exact) mass is 340 g/mol. The average molecular weight is 341 g/mol. The molecule has 0 saturated heterocycles. The van der Waals surface area contributed by atoms with Gasteiger partial charge in [0, 0.05) is 28.0 Å². The van der Waals surface area contributed by atoms with Gasteiger partial charge in [-0.2, -0.15) is 0 Å². The van der Waals surface area contributed by atoms with E-state index in [9.17, 15) is 0 Å². The Morgan fingerprint density at radius 3 is 2.70 bits per heavy atom. The fourth-order valence-electron chi connectivity index (χ4n) is 3.03. The van der Waals surface area contributed by atoms with Gasteiger partial charge in [0.05, 0.1) is 22.9 Å². The summed E-state index contributed by atoms with van der Waals surface area (Å²) in [5, 5.41) is 2.58. The molecule has 0 aliphatic carbocycles. The predicted molar refractivity (Wildman–Crippen MR) is 96.7 cm³/mol. The van der Waals surface area contributed by atoms with E-state index in [-0.39, 0.29) is 0 Å². The van der Waals surface area contributed by atoms with Crippen LogP contribution in [0.15, 0.2) is 54.9 Å². The summed E-state index contributed by atoms with van der Waals surface area (Å²) in [5.74, 6) is 0. The number of aromatic nitrogens is 2.